The van der Waals surface area contributed by atoms with E-state index in [4.69, 9.17) is 0 Å². The topological polar surface area (TPSA) is 96.0 Å². The summed E-state index contributed by atoms with van der Waals surface area (Å²) in [6, 6.07) is 6.42. The summed E-state index contributed by atoms with van der Waals surface area (Å²) in [5, 5.41) is 0. The van der Waals surface area contributed by atoms with E-state index >= 15 is 0 Å². The largest absolute Gasteiger partial charge is 0.465 e. The Labute approximate surface area is 154 Å². The number of carbonyl (C=O) groups is 2. The lowest BCUT2D eigenvalue weighted by Gasteiger charge is -2.33. The molecule has 0 aromatic heterocycles. The number of carbonyl (C=O) groups excluding carboxylic acids is 2. The number of ether oxygens (including phenoxy) is 1. The predicted octanol–water partition coefficient (Wildman–Crippen LogP) is 0.721. The molecule has 1 aromatic carbocycles. The first-order valence-corrected chi connectivity index (χ1v) is 9.83. The van der Waals surface area contributed by atoms with Crippen LogP contribution in [-0.2, 0) is 14.9 Å². The molecule has 2 rings (SSSR count). The monoisotopic (exact) mass is 383 g/mol. The van der Waals surface area contributed by atoms with Crippen molar-refractivity contribution in [3.8, 4) is 0 Å². The van der Waals surface area contributed by atoms with Gasteiger partial charge in [-0.05, 0) is 37.0 Å². The van der Waals surface area contributed by atoms with Gasteiger partial charge in [0.05, 0.1) is 12.7 Å². The Balaban J connectivity index is 2.03. The highest BCUT2D eigenvalue weighted by molar-refractivity contribution is 7.87. The molecule has 0 saturated carbocycles. The number of nitrogens with zero attached hydrogens (tertiary/aromatic N) is 2. The first-order chi connectivity index (χ1) is 12.2. The summed E-state index contributed by atoms with van der Waals surface area (Å²) in [5.74, 6) is -0.614. The van der Waals surface area contributed by atoms with Gasteiger partial charge in [0.15, 0.2) is 0 Å². The van der Waals surface area contributed by atoms with Gasteiger partial charge in [0, 0.05) is 39.3 Å². The van der Waals surface area contributed by atoms with E-state index < -0.39 is 16.2 Å². The second kappa shape index (κ2) is 8.61. The van der Waals surface area contributed by atoms with Crippen LogP contribution in [0.3, 0.4) is 0 Å². The standard InChI is InChI=1S/C17H25N3O5S/c1-19(2)26(23,24)18-11-13-6-5-9-20(12-13)16(21)14-7-4-8-15(10-14)17(22)25-3/h4,7-8,10,13,18H,5-6,9,11-12H2,1-3H3/t13-/m1/s1. The molecule has 0 radical (unpaired) electrons. The second-order valence-electron chi connectivity index (χ2n) is 6.47. The van der Waals surface area contributed by atoms with Crippen LogP contribution in [0, 0.1) is 5.92 Å². The van der Waals surface area contributed by atoms with E-state index in [1.807, 2.05) is 0 Å². The van der Waals surface area contributed by atoms with Crippen LogP contribution in [0.25, 0.3) is 0 Å². The fourth-order valence-corrected chi connectivity index (χ4v) is 3.55. The SMILES string of the molecule is COC(=O)c1cccc(C(=O)N2CCC[C@H](CNS(=O)(=O)N(C)C)C2)c1. The maximum atomic E-state index is 12.7. The van der Waals surface area contributed by atoms with Crippen LogP contribution in [0.1, 0.15) is 33.6 Å². The van der Waals surface area contributed by atoms with E-state index in [-0.39, 0.29) is 18.4 Å². The van der Waals surface area contributed by atoms with Crippen LogP contribution in [0.2, 0.25) is 0 Å². The van der Waals surface area contributed by atoms with Gasteiger partial charge in [-0.15, -0.1) is 0 Å². The molecule has 0 aliphatic carbocycles. The highest BCUT2D eigenvalue weighted by atomic mass is 32.2. The number of hydrogen-bond donors (Lipinski definition) is 1. The van der Waals surface area contributed by atoms with Crippen molar-refractivity contribution in [3.05, 3.63) is 35.4 Å². The van der Waals surface area contributed by atoms with Crippen molar-refractivity contribution in [2.24, 2.45) is 5.92 Å². The molecule has 1 heterocycles. The Kier molecular flexibility index (Phi) is 6.74. The third-order valence-electron chi connectivity index (χ3n) is 4.37. The lowest BCUT2D eigenvalue weighted by atomic mass is 9.97. The molecular formula is C17H25N3O5S. The molecule has 1 aromatic rings. The number of rotatable bonds is 6. The first kappa shape index (κ1) is 20.3. The third-order valence-corrected chi connectivity index (χ3v) is 5.86. The van der Waals surface area contributed by atoms with Crippen LogP contribution < -0.4 is 4.72 Å². The quantitative estimate of drug-likeness (QED) is 0.731. The zero-order valence-corrected chi connectivity index (χ0v) is 16.1. The number of esters is 1. The Morgan fingerprint density at radius 2 is 2.00 bits per heavy atom. The lowest BCUT2D eigenvalue weighted by molar-refractivity contribution is 0.0600. The molecular weight excluding hydrogens is 358 g/mol. The Morgan fingerprint density at radius 3 is 2.65 bits per heavy atom. The molecule has 1 saturated heterocycles. The molecule has 9 heteroatoms. The summed E-state index contributed by atoms with van der Waals surface area (Å²) in [5.41, 5.74) is 0.744. The number of piperidine rings is 1. The van der Waals surface area contributed by atoms with Crippen molar-refractivity contribution < 1.29 is 22.7 Å². The van der Waals surface area contributed by atoms with Gasteiger partial charge in [-0.2, -0.15) is 12.7 Å². The minimum Gasteiger partial charge on any atom is -0.465 e. The molecule has 1 atom stereocenters. The summed E-state index contributed by atoms with van der Waals surface area (Å²) >= 11 is 0. The van der Waals surface area contributed by atoms with Gasteiger partial charge in [-0.1, -0.05) is 6.07 Å². The van der Waals surface area contributed by atoms with E-state index in [9.17, 15) is 18.0 Å². The van der Waals surface area contributed by atoms with Gasteiger partial charge in [0.25, 0.3) is 16.1 Å². The van der Waals surface area contributed by atoms with E-state index in [1.165, 1.54) is 27.3 Å². The molecule has 0 bridgehead atoms. The van der Waals surface area contributed by atoms with Gasteiger partial charge in [0.1, 0.15) is 0 Å². The summed E-state index contributed by atoms with van der Waals surface area (Å²) in [6.45, 7) is 1.36. The van der Waals surface area contributed by atoms with E-state index in [1.54, 1.807) is 23.1 Å². The zero-order chi connectivity index (χ0) is 19.3. The average molecular weight is 383 g/mol. The van der Waals surface area contributed by atoms with Crippen molar-refractivity contribution in [3.63, 3.8) is 0 Å². The summed E-state index contributed by atoms with van der Waals surface area (Å²) in [6.07, 6.45) is 1.65. The predicted molar refractivity (Wildman–Crippen MR) is 97.0 cm³/mol. The molecule has 0 spiro atoms. The molecule has 1 fully saturated rings. The molecule has 1 amide bonds. The van der Waals surface area contributed by atoms with E-state index in [2.05, 4.69) is 9.46 Å². The number of benzene rings is 1. The third kappa shape index (κ3) is 5.03. The fourth-order valence-electron chi connectivity index (χ4n) is 2.85. The number of hydrogen-bond acceptors (Lipinski definition) is 5. The minimum atomic E-state index is -3.48. The zero-order valence-electron chi connectivity index (χ0n) is 15.3. The van der Waals surface area contributed by atoms with Gasteiger partial charge >= 0.3 is 5.97 Å². The molecule has 1 aliphatic rings. The molecule has 1 aliphatic heterocycles. The van der Waals surface area contributed by atoms with Crippen molar-refractivity contribution in [2.45, 2.75) is 12.8 Å². The fraction of sp³-hybridized carbons (Fsp3) is 0.529. The maximum Gasteiger partial charge on any atom is 0.337 e. The molecule has 8 nitrogen and oxygen atoms in total. The molecule has 1 N–H and O–H groups in total. The number of nitrogens with one attached hydrogen (secondary N) is 1. The van der Waals surface area contributed by atoms with E-state index in [0.29, 0.717) is 24.2 Å². The summed E-state index contributed by atoms with van der Waals surface area (Å²) in [7, 11) is 0.747. The van der Waals surface area contributed by atoms with Gasteiger partial charge in [-0.25, -0.2) is 9.52 Å². The highest BCUT2D eigenvalue weighted by Gasteiger charge is 2.26. The number of amides is 1. The first-order valence-electron chi connectivity index (χ1n) is 8.39. The lowest BCUT2D eigenvalue weighted by Crippen LogP contribution is -2.45. The second-order valence-corrected chi connectivity index (χ2v) is 8.44. The minimum absolute atomic E-state index is 0.0474. The normalized spacial score (nSPS) is 18.0. The van der Waals surface area contributed by atoms with Crippen LogP contribution in [-0.4, -0.2) is 70.3 Å². The molecule has 144 valence electrons. The molecule has 26 heavy (non-hydrogen) atoms. The summed E-state index contributed by atoms with van der Waals surface area (Å²) < 4.78 is 32.0. The van der Waals surface area contributed by atoms with Crippen molar-refractivity contribution in [2.75, 3.05) is 40.8 Å². The number of likely N-dealkylation sites (tertiary alicyclic amines) is 1. The van der Waals surface area contributed by atoms with Crippen molar-refractivity contribution in [1.29, 1.82) is 0 Å². The van der Waals surface area contributed by atoms with Crippen LogP contribution in [0.15, 0.2) is 24.3 Å². The van der Waals surface area contributed by atoms with Crippen LogP contribution in [0.4, 0.5) is 0 Å². The summed E-state index contributed by atoms with van der Waals surface area (Å²) in [4.78, 5) is 26.1. The average Bonchev–Trinajstić information content (AvgIpc) is 2.65. The van der Waals surface area contributed by atoms with Gasteiger partial charge in [0.2, 0.25) is 0 Å². The maximum absolute atomic E-state index is 12.7. The van der Waals surface area contributed by atoms with Crippen LogP contribution in [0.5, 0.6) is 0 Å². The Hall–Kier alpha value is -1.97. The van der Waals surface area contributed by atoms with Gasteiger partial charge in [-0.3, -0.25) is 4.79 Å². The number of methoxy groups -OCH3 is 1. The Morgan fingerprint density at radius 1 is 1.31 bits per heavy atom. The molecule has 0 unspecified atom stereocenters. The van der Waals surface area contributed by atoms with Gasteiger partial charge < -0.3 is 9.64 Å². The van der Waals surface area contributed by atoms with E-state index in [0.717, 1.165) is 17.1 Å². The van der Waals surface area contributed by atoms with Crippen LogP contribution >= 0.6 is 0 Å². The highest BCUT2D eigenvalue weighted by Crippen LogP contribution is 2.19. The smallest absolute Gasteiger partial charge is 0.337 e. The van der Waals surface area contributed by atoms with Crippen molar-refractivity contribution in [1.82, 2.24) is 13.9 Å². The Bertz CT molecular complexity index is 763. The van der Waals surface area contributed by atoms with Crippen molar-refractivity contribution >= 4 is 22.1 Å².